The molecule has 0 saturated carbocycles. The number of hydrogen-bond acceptors (Lipinski definition) is 15. The molecule has 0 saturated heterocycles. The molecule has 0 spiro atoms. The molecule has 0 aliphatic carbocycles. The number of benzene rings is 7. The monoisotopic (exact) mass is 893 g/mol. The van der Waals surface area contributed by atoms with Crippen LogP contribution in [0.1, 0.15) is 28.5 Å². The zero-order valence-electron chi connectivity index (χ0n) is 36.8. The highest BCUT2D eigenvalue weighted by atomic mass is 16.7. The van der Waals surface area contributed by atoms with E-state index in [9.17, 15) is 0 Å². The standard InChI is InChI=1S/2C12H9NO.C10H7NO2.2C9H7NO3/c1-8-11-6-9-4-2-3-5-10(9)7-12(11)14-13-8;1-8-12-10-5-3-2-4-9(10)6-7-11(12)14-13-8;1-6-8-4-7-2-3-12-9(7)5-10(8)13-11-6;1-5-6-2-8-9(12-4-11-8)3-7(6)13-10-5;1-5-8-6(13-10-5)2-3-7-9(8)12-4-11-7/h2*2-7H,1H3;2-5H,1H3;2*2-3H,4H2,1H3. The molecule has 67 heavy (non-hydrogen) atoms. The maximum absolute atomic E-state index is 5.33. The quantitative estimate of drug-likeness (QED) is 0.140. The van der Waals surface area contributed by atoms with Gasteiger partial charge in [-0.2, -0.15) is 0 Å². The van der Waals surface area contributed by atoms with E-state index in [2.05, 4.69) is 62.2 Å². The normalized spacial score (nSPS) is 12.3. The van der Waals surface area contributed by atoms with Gasteiger partial charge in [-0.3, -0.25) is 0 Å². The van der Waals surface area contributed by atoms with Crippen molar-refractivity contribution in [2.75, 3.05) is 13.6 Å². The van der Waals surface area contributed by atoms with Gasteiger partial charge in [0.05, 0.1) is 45.5 Å². The summed E-state index contributed by atoms with van der Waals surface area (Å²) in [7, 11) is 0. The lowest BCUT2D eigenvalue weighted by molar-refractivity contribution is 0.174. The van der Waals surface area contributed by atoms with Gasteiger partial charge >= 0.3 is 0 Å². The Morgan fingerprint density at radius 1 is 0.343 bits per heavy atom. The minimum Gasteiger partial charge on any atom is -0.464 e. The highest BCUT2D eigenvalue weighted by molar-refractivity contribution is 6.06. The van der Waals surface area contributed by atoms with Crippen LogP contribution in [0, 0.1) is 34.6 Å². The predicted octanol–water partition coefficient (Wildman–Crippen LogP) is 13.2. The molecule has 7 aromatic carbocycles. The van der Waals surface area contributed by atoms with Crippen LogP contribution >= 0.6 is 0 Å². The molecule has 2 aliphatic rings. The number of furan rings is 1. The number of fused-ring (bicyclic) bond motifs is 12. The largest absolute Gasteiger partial charge is 0.464 e. The van der Waals surface area contributed by atoms with Crippen LogP contribution in [0.15, 0.2) is 149 Å². The van der Waals surface area contributed by atoms with Crippen molar-refractivity contribution in [2.24, 2.45) is 0 Å². The number of nitrogens with zero attached hydrogens (tertiary/aromatic N) is 5. The first-order valence-corrected chi connectivity index (χ1v) is 21.3. The van der Waals surface area contributed by atoms with Gasteiger partial charge in [0.2, 0.25) is 13.6 Å². The van der Waals surface area contributed by atoms with E-state index < -0.39 is 0 Å². The van der Waals surface area contributed by atoms with Crippen molar-refractivity contribution in [2.45, 2.75) is 34.6 Å². The Labute approximate surface area is 379 Å². The third-order valence-corrected chi connectivity index (χ3v) is 11.6. The zero-order chi connectivity index (χ0) is 45.6. The minimum atomic E-state index is 0.277. The summed E-state index contributed by atoms with van der Waals surface area (Å²) < 4.78 is 52.0. The number of aryl methyl sites for hydroxylation is 5. The van der Waals surface area contributed by atoms with Gasteiger partial charge in [0, 0.05) is 33.7 Å². The molecule has 0 bridgehead atoms. The van der Waals surface area contributed by atoms with E-state index in [0.717, 1.165) is 117 Å². The Morgan fingerprint density at radius 2 is 0.851 bits per heavy atom. The van der Waals surface area contributed by atoms with Crippen LogP contribution in [0.3, 0.4) is 0 Å². The van der Waals surface area contributed by atoms with Crippen molar-refractivity contribution >= 4 is 87.4 Å². The van der Waals surface area contributed by atoms with E-state index >= 15 is 0 Å². The summed E-state index contributed by atoms with van der Waals surface area (Å²) in [6, 6.07) is 37.9. The van der Waals surface area contributed by atoms with Crippen LogP contribution in [-0.4, -0.2) is 39.4 Å². The number of aromatic nitrogens is 5. The average Bonchev–Trinajstić information content (AvgIpc) is 4.24. The number of hydrogen-bond donors (Lipinski definition) is 0. The summed E-state index contributed by atoms with van der Waals surface area (Å²) in [5, 5.41) is 30.6. The van der Waals surface area contributed by atoms with Crippen molar-refractivity contribution in [3.63, 3.8) is 0 Å². The van der Waals surface area contributed by atoms with E-state index in [-0.39, 0.29) is 13.6 Å². The Hall–Kier alpha value is -8.85. The summed E-state index contributed by atoms with van der Waals surface area (Å²) in [4.78, 5) is 0. The van der Waals surface area contributed by atoms with Gasteiger partial charge in [0.15, 0.2) is 50.9 Å². The van der Waals surface area contributed by atoms with E-state index in [1.54, 1.807) is 12.3 Å². The highest BCUT2D eigenvalue weighted by Crippen LogP contribution is 2.41. The number of rotatable bonds is 0. The van der Waals surface area contributed by atoms with Crippen molar-refractivity contribution in [3.8, 4) is 23.0 Å². The number of ether oxygens (including phenoxy) is 4. The van der Waals surface area contributed by atoms with Crippen LogP contribution in [0.25, 0.3) is 87.4 Å². The molecule has 6 aromatic heterocycles. The van der Waals surface area contributed by atoms with Gasteiger partial charge < -0.3 is 46.0 Å². The molecule has 0 radical (unpaired) electrons. The van der Waals surface area contributed by atoms with Crippen molar-refractivity contribution in [3.05, 3.63) is 150 Å². The van der Waals surface area contributed by atoms with E-state index in [0.29, 0.717) is 0 Å². The SMILES string of the molecule is Cc1noc2cc3c(cc12)OCO3.Cc1noc2cc3ccccc3cc12.Cc1noc2cc3occc3cc12.Cc1noc2ccc3c(c12)OCO3.Cc1noc2ccc3ccccc3c12. The zero-order valence-corrected chi connectivity index (χ0v) is 36.8. The molecule has 0 fully saturated rings. The van der Waals surface area contributed by atoms with Gasteiger partial charge in [-0.25, -0.2) is 0 Å². The predicted molar refractivity (Wildman–Crippen MR) is 251 cm³/mol. The van der Waals surface area contributed by atoms with Crippen LogP contribution < -0.4 is 18.9 Å². The third-order valence-electron chi connectivity index (χ3n) is 11.6. The molecule has 15 rings (SSSR count). The van der Waals surface area contributed by atoms with Gasteiger partial charge in [-0.1, -0.05) is 80.4 Å². The molecule has 13 aromatic rings. The smallest absolute Gasteiger partial charge is 0.231 e. The lowest BCUT2D eigenvalue weighted by Gasteiger charge is -1.97. The molecule has 0 atom stereocenters. The third kappa shape index (κ3) is 7.71. The first kappa shape index (κ1) is 40.9. The molecule has 332 valence electrons. The maximum atomic E-state index is 5.33. The topological polar surface area (TPSA) is 180 Å². The van der Waals surface area contributed by atoms with Crippen LogP contribution in [-0.2, 0) is 0 Å². The second-order valence-electron chi connectivity index (χ2n) is 15.9. The molecule has 0 N–H and O–H groups in total. The lowest BCUT2D eigenvalue weighted by Crippen LogP contribution is -1.93. The highest BCUT2D eigenvalue weighted by Gasteiger charge is 2.21. The van der Waals surface area contributed by atoms with Crippen molar-refractivity contribution in [1.29, 1.82) is 0 Å². The summed E-state index contributed by atoms with van der Waals surface area (Å²) in [6.45, 7) is 10.2. The van der Waals surface area contributed by atoms with Crippen LogP contribution in [0.4, 0.5) is 0 Å². The average molecular weight is 894 g/mol. The van der Waals surface area contributed by atoms with E-state index in [1.807, 2.05) is 107 Å². The minimum absolute atomic E-state index is 0.277. The summed E-state index contributed by atoms with van der Waals surface area (Å²) >= 11 is 0. The fraction of sp³-hybridized carbons (Fsp3) is 0.135. The summed E-state index contributed by atoms with van der Waals surface area (Å²) in [5.41, 5.74) is 9.33. The van der Waals surface area contributed by atoms with Gasteiger partial charge in [0.25, 0.3) is 0 Å². The first-order chi connectivity index (χ1) is 32.8. The van der Waals surface area contributed by atoms with Crippen LogP contribution in [0.5, 0.6) is 23.0 Å². The maximum Gasteiger partial charge on any atom is 0.231 e. The summed E-state index contributed by atoms with van der Waals surface area (Å²) in [6.07, 6.45) is 1.67. The van der Waals surface area contributed by atoms with E-state index in [4.69, 9.17) is 46.0 Å². The van der Waals surface area contributed by atoms with E-state index in [1.165, 1.54) is 21.5 Å². The molecule has 15 nitrogen and oxygen atoms in total. The van der Waals surface area contributed by atoms with Gasteiger partial charge in [-0.05, 0) is 105 Å². The molecule has 0 amide bonds. The van der Waals surface area contributed by atoms with Crippen molar-refractivity contribution < 1.29 is 46.0 Å². The van der Waals surface area contributed by atoms with Gasteiger partial charge in [0.1, 0.15) is 5.58 Å². The fourth-order valence-corrected chi connectivity index (χ4v) is 8.11. The Morgan fingerprint density at radius 3 is 1.58 bits per heavy atom. The summed E-state index contributed by atoms with van der Waals surface area (Å²) in [5.74, 6) is 3.00. The van der Waals surface area contributed by atoms with Crippen molar-refractivity contribution in [1.82, 2.24) is 25.8 Å². The Bertz CT molecular complexity index is 3920. The molecule has 15 heteroatoms. The first-order valence-electron chi connectivity index (χ1n) is 21.3. The molecule has 8 heterocycles. The molecule has 0 unspecified atom stereocenters. The molecular weight excluding hydrogens is 855 g/mol. The second kappa shape index (κ2) is 16.9. The van der Waals surface area contributed by atoms with Gasteiger partial charge in [-0.15, -0.1) is 0 Å². The molecular formula is C52H39N5O10. The Kier molecular flexibility index (Phi) is 10.3. The molecule has 2 aliphatic heterocycles. The fourth-order valence-electron chi connectivity index (χ4n) is 8.11. The Balaban J connectivity index is 0.0000000922. The second-order valence-corrected chi connectivity index (χ2v) is 15.9. The lowest BCUT2D eigenvalue weighted by atomic mass is 10.1. The van der Waals surface area contributed by atoms with Crippen LogP contribution in [0.2, 0.25) is 0 Å².